The summed E-state index contributed by atoms with van der Waals surface area (Å²) in [4.78, 5) is 8.80. The van der Waals surface area contributed by atoms with Gasteiger partial charge < -0.3 is 0 Å². The molecule has 0 saturated heterocycles. The number of nitrogens with one attached hydrogen (secondary N) is 1. The Morgan fingerprint density at radius 3 is 2.42 bits per heavy atom. The molecule has 1 aromatic carbocycles. The summed E-state index contributed by atoms with van der Waals surface area (Å²) in [5.41, 5.74) is 3.80. The Hall–Kier alpha value is -2.39. The number of aryl methyl sites for hydroxylation is 3. The van der Waals surface area contributed by atoms with Gasteiger partial charge in [0.15, 0.2) is 0 Å². The standard InChI is InChI=1S/C17H19N5O2S2/c1-11-6-5-7-12(2)16(11)14-8-15(25-4)20-17(19-14)21-26(23,24)13-9-18-22(3)10-13/h5-10H,1-4H3,(H,19,20,21). The maximum atomic E-state index is 12.5. The zero-order chi connectivity index (χ0) is 18.9. The van der Waals surface area contributed by atoms with Crippen LogP contribution in [-0.4, -0.2) is 34.4 Å². The van der Waals surface area contributed by atoms with Crippen molar-refractivity contribution in [1.82, 2.24) is 19.7 Å². The molecule has 136 valence electrons. The van der Waals surface area contributed by atoms with Crippen molar-refractivity contribution in [1.29, 1.82) is 0 Å². The number of rotatable bonds is 5. The zero-order valence-corrected chi connectivity index (χ0v) is 16.5. The highest BCUT2D eigenvalue weighted by molar-refractivity contribution is 7.98. The van der Waals surface area contributed by atoms with Crippen molar-refractivity contribution in [2.75, 3.05) is 11.0 Å². The van der Waals surface area contributed by atoms with Crippen LogP contribution in [0.25, 0.3) is 11.3 Å². The quantitative estimate of drug-likeness (QED) is 0.533. The summed E-state index contributed by atoms with van der Waals surface area (Å²) in [7, 11) is -2.15. The number of thioether (sulfide) groups is 1. The third kappa shape index (κ3) is 3.73. The summed E-state index contributed by atoms with van der Waals surface area (Å²) in [6.07, 6.45) is 4.59. The van der Waals surface area contributed by atoms with Crippen LogP contribution in [0.4, 0.5) is 5.95 Å². The van der Waals surface area contributed by atoms with Crippen molar-refractivity contribution in [3.8, 4) is 11.3 Å². The molecular formula is C17H19N5O2S2. The molecule has 0 aliphatic heterocycles. The molecule has 0 radical (unpaired) electrons. The van der Waals surface area contributed by atoms with E-state index >= 15 is 0 Å². The fourth-order valence-electron chi connectivity index (χ4n) is 2.64. The first-order valence-electron chi connectivity index (χ1n) is 7.81. The molecule has 0 spiro atoms. The Balaban J connectivity index is 2.06. The highest BCUT2D eigenvalue weighted by atomic mass is 32.2. The monoisotopic (exact) mass is 389 g/mol. The first kappa shape index (κ1) is 18.4. The molecule has 0 atom stereocenters. The second kappa shape index (κ2) is 7.08. The van der Waals surface area contributed by atoms with E-state index in [9.17, 15) is 8.42 Å². The van der Waals surface area contributed by atoms with Crippen LogP contribution in [0.15, 0.2) is 46.6 Å². The number of aromatic nitrogens is 4. The van der Waals surface area contributed by atoms with Gasteiger partial charge in [0.25, 0.3) is 10.0 Å². The Morgan fingerprint density at radius 2 is 1.85 bits per heavy atom. The summed E-state index contributed by atoms with van der Waals surface area (Å²) in [5, 5.41) is 4.58. The van der Waals surface area contributed by atoms with Crippen LogP contribution in [0.3, 0.4) is 0 Å². The Labute approximate surface area is 156 Å². The molecule has 3 rings (SSSR count). The number of benzene rings is 1. The molecule has 7 nitrogen and oxygen atoms in total. The maximum Gasteiger partial charge on any atom is 0.267 e. The molecule has 0 aliphatic rings. The SMILES string of the molecule is CSc1cc(-c2c(C)cccc2C)nc(NS(=O)(=O)c2cnn(C)c2)n1. The normalized spacial score (nSPS) is 11.5. The molecule has 1 N–H and O–H groups in total. The fourth-order valence-corrected chi connectivity index (χ4v) is 3.97. The van der Waals surface area contributed by atoms with Gasteiger partial charge in [-0.05, 0) is 37.3 Å². The third-order valence-electron chi connectivity index (χ3n) is 3.87. The number of nitrogens with zero attached hydrogens (tertiary/aromatic N) is 4. The third-order valence-corrected chi connectivity index (χ3v) is 5.78. The molecule has 0 bridgehead atoms. The van der Waals surface area contributed by atoms with Gasteiger partial charge in [-0.3, -0.25) is 4.68 Å². The van der Waals surface area contributed by atoms with Crippen LogP contribution in [0.2, 0.25) is 0 Å². The maximum absolute atomic E-state index is 12.5. The van der Waals surface area contributed by atoms with E-state index in [1.807, 2.05) is 44.4 Å². The van der Waals surface area contributed by atoms with Crippen molar-refractivity contribution < 1.29 is 8.42 Å². The van der Waals surface area contributed by atoms with E-state index in [2.05, 4.69) is 19.8 Å². The molecule has 3 aromatic rings. The Kier molecular flexibility index (Phi) is 5.01. The molecule has 0 fully saturated rings. The molecular weight excluding hydrogens is 370 g/mol. The number of hydrogen-bond acceptors (Lipinski definition) is 6. The van der Waals surface area contributed by atoms with E-state index in [4.69, 9.17) is 0 Å². The summed E-state index contributed by atoms with van der Waals surface area (Å²) in [6.45, 7) is 4.01. The molecule has 0 amide bonds. The van der Waals surface area contributed by atoms with E-state index in [1.54, 1.807) is 7.05 Å². The lowest BCUT2D eigenvalue weighted by molar-refractivity contribution is 0.600. The summed E-state index contributed by atoms with van der Waals surface area (Å²) >= 11 is 1.43. The topological polar surface area (TPSA) is 89.8 Å². The predicted octanol–water partition coefficient (Wildman–Crippen LogP) is 3.02. The summed E-state index contributed by atoms with van der Waals surface area (Å²) in [6, 6.07) is 7.85. The molecule has 26 heavy (non-hydrogen) atoms. The second-order valence-corrected chi connectivity index (χ2v) is 8.35. The van der Waals surface area contributed by atoms with Crippen LogP contribution in [0.5, 0.6) is 0 Å². The highest BCUT2D eigenvalue weighted by Crippen LogP contribution is 2.29. The van der Waals surface area contributed by atoms with Gasteiger partial charge in [0.2, 0.25) is 5.95 Å². The summed E-state index contributed by atoms with van der Waals surface area (Å²) in [5.74, 6) is 0.0401. The minimum Gasteiger partial charge on any atom is -0.274 e. The van der Waals surface area contributed by atoms with Gasteiger partial charge >= 0.3 is 0 Å². The van der Waals surface area contributed by atoms with Gasteiger partial charge in [0.05, 0.1) is 11.9 Å². The van der Waals surface area contributed by atoms with Crippen molar-refractivity contribution in [2.24, 2.45) is 7.05 Å². The van der Waals surface area contributed by atoms with Crippen LogP contribution >= 0.6 is 11.8 Å². The van der Waals surface area contributed by atoms with E-state index in [0.717, 1.165) is 16.7 Å². The Morgan fingerprint density at radius 1 is 1.15 bits per heavy atom. The van der Waals surface area contributed by atoms with Crippen molar-refractivity contribution in [3.05, 3.63) is 47.8 Å². The van der Waals surface area contributed by atoms with Crippen LogP contribution in [0.1, 0.15) is 11.1 Å². The number of hydrogen-bond donors (Lipinski definition) is 1. The average Bonchev–Trinajstić information content (AvgIpc) is 3.01. The predicted molar refractivity (Wildman–Crippen MR) is 103 cm³/mol. The molecule has 9 heteroatoms. The largest absolute Gasteiger partial charge is 0.274 e. The van der Waals surface area contributed by atoms with Gasteiger partial charge in [-0.15, -0.1) is 11.8 Å². The lowest BCUT2D eigenvalue weighted by Crippen LogP contribution is -2.15. The smallest absolute Gasteiger partial charge is 0.267 e. The van der Waals surface area contributed by atoms with Crippen LogP contribution in [-0.2, 0) is 17.1 Å². The number of sulfonamides is 1. The van der Waals surface area contributed by atoms with Crippen LogP contribution < -0.4 is 4.72 Å². The minimum absolute atomic E-state index is 0.0401. The van der Waals surface area contributed by atoms with E-state index in [1.165, 1.54) is 28.8 Å². The van der Waals surface area contributed by atoms with Gasteiger partial charge in [-0.1, -0.05) is 18.2 Å². The molecule has 2 heterocycles. The van der Waals surface area contributed by atoms with Crippen LogP contribution in [0, 0.1) is 13.8 Å². The van der Waals surface area contributed by atoms with Gasteiger partial charge in [-0.25, -0.2) is 23.1 Å². The summed E-state index contributed by atoms with van der Waals surface area (Å²) < 4.78 is 29.0. The van der Waals surface area contributed by atoms with Gasteiger partial charge in [-0.2, -0.15) is 5.10 Å². The molecule has 0 aliphatic carbocycles. The Bertz CT molecular complexity index is 1040. The average molecular weight is 390 g/mol. The number of anilines is 1. The van der Waals surface area contributed by atoms with E-state index in [0.29, 0.717) is 10.7 Å². The van der Waals surface area contributed by atoms with Gasteiger partial charge in [0.1, 0.15) is 9.92 Å². The van der Waals surface area contributed by atoms with Crippen molar-refractivity contribution in [2.45, 2.75) is 23.8 Å². The van der Waals surface area contributed by atoms with E-state index < -0.39 is 10.0 Å². The first-order valence-corrected chi connectivity index (χ1v) is 10.5. The second-order valence-electron chi connectivity index (χ2n) is 5.84. The van der Waals surface area contributed by atoms with Crippen molar-refractivity contribution in [3.63, 3.8) is 0 Å². The molecule has 0 unspecified atom stereocenters. The van der Waals surface area contributed by atoms with Crippen molar-refractivity contribution >= 4 is 27.7 Å². The highest BCUT2D eigenvalue weighted by Gasteiger charge is 2.19. The van der Waals surface area contributed by atoms with E-state index in [-0.39, 0.29) is 10.8 Å². The zero-order valence-electron chi connectivity index (χ0n) is 14.9. The minimum atomic E-state index is -3.80. The fraction of sp³-hybridized carbons (Fsp3) is 0.235. The lowest BCUT2D eigenvalue weighted by Gasteiger charge is -2.12. The molecule has 0 saturated carbocycles. The lowest BCUT2D eigenvalue weighted by atomic mass is 10.00. The molecule has 2 aromatic heterocycles. The van der Waals surface area contributed by atoms with Gasteiger partial charge in [0, 0.05) is 18.8 Å². The first-order chi connectivity index (χ1) is 12.3.